The zero-order valence-corrected chi connectivity index (χ0v) is 16.3. The molecular formula is C15H13ClF4N4O4S. The van der Waals surface area contributed by atoms with Gasteiger partial charge in [-0.05, 0) is 12.5 Å². The lowest BCUT2D eigenvalue weighted by molar-refractivity contribution is -0.117. The van der Waals surface area contributed by atoms with Gasteiger partial charge in [0.1, 0.15) is 22.9 Å². The van der Waals surface area contributed by atoms with Crippen LogP contribution in [0.1, 0.15) is 49.8 Å². The minimum atomic E-state index is -3.27. The number of amides is 2. The maximum Gasteiger partial charge on any atom is 0.341 e. The Morgan fingerprint density at radius 1 is 1.28 bits per heavy atom. The van der Waals surface area contributed by atoms with Gasteiger partial charge in [0, 0.05) is 0 Å². The van der Waals surface area contributed by atoms with Gasteiger partial charge in [0.15, 0.2) is 0 Å². The Morgan fingerprint density at radius 3 is 2.38 bits per heavy atom. The maximum atomic E-state index is 13.2. The van der Waals surface area contributed by atoms with Crippen LogP contribution in [-0.2, 0) is 16.1 Å². The number of primary amides is 1. The Morgan fingerprint density at radius 2 is 1.90 bits per heavy atom. The van der Waals surface area contributed by atoms with Crippen molar-refractivity contribution in [2.24, 2.45) is 5.73 Å². The molecule has 158 valence electrons. The van der Waals surface area contributed by atoms with Crippen LogP contribution in [-0.4, -0.2) is 34.7 Å². The van der Waals surface area contributed by atoms with Crippen molar-refractivity contribution in [3.8, 4) is 0 Å². The Kier molecular flexibility index (Phi) is 6.85. The third kappa shape index (κ3) is 4.50. The average molecular weight is 457 g/mol. The fraction of sp³-hybridized carbons (Fsp3) is 0.333. The number of hydrogen-bond donors (Lipinski definition) is 2. The molecular weight excluding hydrogens is 444 g/mol. The lowest BCUT2D eigenvalue weighted by atomic mass is 10.1. The standard InChI is InChI=1S/C15H13ClF4N4O4S/c1-4-6(15(27)28-2)14(29-10(4)13(21)26)22-5(25)3-24-9(12(19)20)7(16)8(23-24)11(17)18/h11-12H,3H2,1-2H3,(H2,21,26)(H,22,25). The number of rotatable bonds is 7. The molecule has 0 aliphatic carbocycles. The molecule has 0 fully saturated rings. The molecule has 14 heteroatoms. The molecule has 0 unspecified atom stereocenters. The number of nitrogens with two attached hydrogens (primary N) is 1. The summed E-state index contributed by atoms with van der Waals surface area (Å²) in [5.74, 6) is -2.73. The van der Waals surface area contributed by atoms with Crippen molar-refractivity contribution in [3.05, 3.63) is 32.4 Å². The largest absolute Gasteiger partial charge is 0.465 e. The second kappa shape index (κ2) is 8.78. The van der Waals surface area contributed by atoms with Crippen molar-refractivity contribution >= 4 is 45.7 Å². The molecule has 0 bridgehead atoms. The normalized spacial score (nSPS) is 11.2. The first kappa shape index (κ1) is 22.6. The highest BCUT2D eigenvalue weighted by Gasteiger charge is 2.30. The summed E-state index contributed by atoms with van der Waals surface area (Å²) >= 11 is 6.19. The summed E-state index contributed by atoms with van der Waals surface area (Å²) in [6.45, 7) is 0.491. The van der Waals surface area contributed by atoms with Crippen LogP contribution in [0.3, 0.4) is 0 Å². The molecule has 3 N–H and O–H groups in total. The first-order chi connectivity index (χ1) is 13.5. The number of ether oxygens (including phenoxy) is 1. The predicted octanol–water partition coefficient (Wildman–Crippen LogP) is 3.31. The minimum absolute atomic E-state index is 0.0314. The van der Waals surface area contributed by atoms with Crippen LogP contribution in [0.4, 0.5) is 22.6 Å². The number of halogens is 5. The summed E-state index contributed by atoms with van der Waals surface area (Å²) in [6.07, 6.45) is -6.50. The van der Waals surface area contributed by atoms with Gasteiger partial charge in [-0.15, -0.1) is 11.3 Å². The summed E-state index contributed by atoms with van der Waals surface area (Å²) in [5.41, 5.74) is 3.08. The Labute approximate surface area is 169 Å². The highest BCUT2D eigenvalue weighted by atomic mass is 35.5. The molecule has 8 nitrogen and oxygen atoms in total. The molecule has 0 aromatic carbocycles. The third-order valence-corrected chi connectivity index (χ3v) is 5.29. The first-order valence-corrected chi connectivity index (χ1v) is 8.82. The number of nitrogens with one attached hydrogen (secondary N) is 1. The molecule has 0 saturated carbocycles. The molecule has 0 atom stereocenters. The van der Waals surface area contributed by atoms with Gasteiger partial charge in [-0.3, -0.25) is 14.3 Å². The first-order valence-electron chi connectivity index (χ1n) is 7.63. The number of nitrogens with zero attached hydrogens (tertiary/aromatic N) is 2. The maximum absolute atomic E-state index is 13.2. The van der Waals surface area contributed by atoms with Crippen molar-refractivity contribution in [2.45, 2.75) is 26.3 Å². The Balaban J connectivity index is 2.38. The molecule has 0 saturated heterocycles. The number of alkyl halides is 4. The van der Waals surface area contributed by atoms with Crippen LogP contribution in [0.5, 0.6) is 0 Å². The molecule has 29 heavy (non-hydrogen) atoms. The lowest BCUT2D eigenvalue weighted by Gasteiger charge is -2.08. The van der Waals surface area contributed by atoms with Crippen molar-refractivity contribution in [1.29, 1.82) is 0 Å². The molecule has 0 radical (unpaired) electrons. The van der Waals surface area contributed by atoms with E-state index in [0.29, 0.717) is 16.0 Å². The van der Waals surface area contributed by atoms with Gasteiger partial charge >= 0.3 is 5.97 Å². The number of esters is 1. The SMILES string of the molecule is COC(=O)c1c(NC(=O)Cn2nc(C(F)F)c(Cl)c2C(F)F)sc(C(N)=O)c1C. The molecule has 0 aliphatic rings. The van der Waals surface area contributed by atoms with E-state index in [2.05, 4.69) is 15.2 Å². The molecule has 2 aromatic heterocycles. The van der Waals surface area contributed by atoms with Crippen LogP contribution in [0, 0.1) is 6.92 Å². The van der Waals surface area contributed by atoms with Gasteiger partial charge in [-0.2, -0.15) is 5.10 Å². The number of methoxy groups -OCH3 is 1. The molecule has 0 aliphatic heterocycles. The summed E-state index contributed by atoms with van der Waals surface area (Å²) in [4.78, 5) is 35.7. The molecule has 0 spiro atoms. The molecule has 2 amide bonds. The Bertz CT molecular complexity index is 976. The third-order valence-electron chi connectivity index (χ3n) is 3.68. The van der Waals surface area contributed by atoms with Gasteiger partial charge < -0.3 is 15.8 Å². The summed E-state index contributed by atoms with van der Waals surface area (Å²) in [5, 5.41) is 4.45. The van der Waals surface area contributed by atoms with E-state index in [-0.39, 0.29) is 21.0 Å². The monoisotopic (exact) mass is 456 g/mol. The zero-order chi connectivity index (χ0) is 22.0. The average Bonchev–Trinajstić information content (AvgIpc) is 3.11. The minimum Gasteiger partial charge on any atom is -0.465 e. The van der Waals surface area contributed by atoms with Gasteiger partial charge in [0.05, 0.1) is 22.6 Å². The van der Waals surface area contributed by atoms with Crippen molar-refractivity contribution in [2.75, 3.05) is 12.4 Å². The molecule has 2 rings (SSSR count). The molecule has 2 aromatic rings. The van der Waals surface area contributed by atoms with Crippen LogP contribution < -0.4 is 11.1 Å². The van der Waals surface area contributed by atoms with E-state index < -0.39 is 53.6 Å². The van der Waals surface area contributed by atoms with E-state index >= 15 is 0 Å². The van der Waals surface area contributed by atoms with E-state index in [4.69, 9.17) is 17.3 Å². The number of carbonyl (C=O) groups excluding carboxylic acids is 3. The van der Waals surface area contributed by atoms with Gasteiger partial charge in [0.25, 0.3) is 18.8 Å². The number of carbonyl (C=O) groups is 3. The van der Waals surface area contributed by atoms with E-state index in [1.54, 1.807) is 0 Å². The van der Waals surface area contributed by atoms with Crippen LogP contribution in [0.25, 0.3) is 0 Å². The fourth-order valence-corrected chi connectivity index (χ4v) is 3.79. The smallest absolute Gasteiger partial charge is 0.341 e. The van der Waals surface area contributed by atoms with E-state index in [0.717, 1.165) is 7.11 Å². The number of aromatic nitrogens is 2. The second-order valence-electron chi connectivity index (χ2n) is 5.51. The highest BCUT2D eigenvalue weighted by Crippen LogP contribution is 2.35. The fourth-order valence-electron chi connectivity index (χ4n) is 2.43. The van der Waals surface area contributed by atoms with Gasteiger partial charge in [-0.25, -0.2) is 22.4 Å². The van der Waals surface area contributed by atoms with Gasteiger partial charge in [-0.1, -0.05) is 11.6 Å². The summed E-state index contributed by atoms with van der Waals surface area (Å²) in [6, 6.07) is 0. The second-order valence-corrected chi connectivity index (χ2v) is 6.91. The molecule has 2 heterocycles. The highest BCUT2D eigenvalue weighted by molar-refractivity contribution is 7.18. The van der Waals surface area contributed by atoms with Crippen molar-refractivity contribution < 1.29 is 36.7 Å². The quantitative estimate of drug-likeness (QED) is 0.490. The lowest BCUT2D eigenvalue weighted by Crippen LogP contribution is -2.22. The van der Waals surface area contributed by atoms with Crippen LogP contribution in [0.15, 0.2) is 0 Å². The van der Waals surface area contributed by atoms with E-state index in [1.807, 2.05) is 0 Å². The number of thiophene rings is 1. The zero-order valence-electron chi connectivity index (χ0n) is 14.8. The Hall–Kier alpha value is -2.67. The summed E-state index contributed by atoms with van der Waals surface area (Å²) < 4.78 is 57.0. The number of anilines is 1. The van der Waals surface area contributed by atoms with E-state index in [1.165, 1.54) is 6.92 Å². The van der Waals surface area contributed by atoms with Gasteiger partial charge in [0.2, 0.25) is 5.91 Å². The summed E-state index contributed by atoms with van der Waals surface area (Å²) in [7, 11) is 1.07. The predicted molar refractivity (Wildman–Crippen MR) is 94.7 cm³/mol. The van der Waals surface area contributed by atoms with Crippen LogP contribution >= 0.6 is 22.9 Å². The van der Waals surface area contributed by atoms with Crippen LogP contribution in [0.2, 0.25) is 5.02 Å². The van der Waals surface area contributed by atoms with Crippen molar-refractivity contribution in [1.82, 2.24) is 9.78 Å². The topological polar surface area (TPSA) is 116 Å². The number of hydrogen-bond acceptors (Lipinski definition) is 6. The van der Waals surface area contributed by atoms with Crippen molar-refractivity contribution in [3.63, 3.8) is 0 Å². The van der Waals surface area contributed by atoms with E-state index in [9.17, 15) is 31.9 Å².